The molecule has 2 atom stereocenters. The van der Waals surface area contributed by atoms with Crippen molar-refractivity contribution < 1.29 is 4.79 Å². The average molecular weight is 385 g/mol. The number of aromatic nitrogens is 2. The Balaban J connectivity index is 0.00000156. The van der Waals surface area contributed by atoms with Gasteiger partial charge in [0.1, 0.15) is 5.82 Å². The summed E-state index contributed by atoms with van der Waals surface area (Å²) >= 11 is 0. The van der Waals surface area contributed by atoms with Crippen LogP contribution < -0.4 is 10.6 Å². The summed E-state index contributed by atoms with van der Waals surface area (Å²) in [5.41, 5.74) is 1.79. The van der Waals surface area contributed by atoms with Gasteiger partial charge in [0.05, 0.1) is 0 Å². The van der Waals surface area contributed by atoms with Gasteiger partial charge in [-0.05, 0) is 49.9 Å². The van der Waals surface area contributed by atoms with Gasteiger partial charge in [-0.15, -0.1) is 24.8 Å². The van der Waals surface area contributed by atoms with Crippen LogP contribution in [-0.2, 0) is 4.79 Å². The summed E-state index contributed by atoms with van der Waals surface area (Å²) in [5, 5.41) is 6.43. The molecule has 1 fully saturated rings. The summed E-state index contributed by atoms with van der Waals surface area (Å²) in [5.74, 6) is 1.89. The highest BCUT2D eigenvalue weighted by atomic mass is 35.5. The number of carbonyl (C=O) groups excluding carboxylic acids is 1. The van der Waals surface area contributed by atoms with Crippen molar-refractivity contribution in [3.63, 3.8) is 0 Å². The van der Waals surface area contributed by atoms with E-state index in [-0.39, 0.29) is 30.7 Å². The topological polar surface area (TPSA) is 69.8 Å². The number of carbonyl (C=O) groups is 1. The first kappa shape index (κ1) is 21.5. The summed E-state index contributed by atoms with van der Waals surface area (Å²) in [6, 6.07) is 7.77. The summed E-state index contributed by atoms with van der Waals surface area (Å²) < 4.78 is 0. The van der Waals surface area contributed by atoms with E-state index in [4.69, 9.17) is 0 Å². The highest BCUT2D eigenvalue weighted by Crippen LogP contribution is 2.24. The number of anilines is 1. The van der Waals surface area contributed by atoms with Gasteiger partial charge in [0.2, 0.25) is 5.91 Å². The lowest BCUT2D eigenvalue weighted by Crippen LogP contribution is -2.34. The fourth-order valence-electron chi connectivity index (χ4n) is 3.20. The van der Waals surface area contributed by atoms with Crippen LogP contribution in [0.3, 0.4) is 0 Å². The molecule has 0 saturated carbocycles. The number of nitrogens with one attached hydrogen (secondary N) is 3. The Labute approximate surface area is 161 Å². The summed E-state index contributed by atoms with van der Waals surface area (Å²) in [4.78, 5) is 19.6. The number of imidazole rings is 1. The number of H-pyrrole nitrogens is 1. The second kappa shape index (κ2) is 10.4. The Kier molecular flexibility index (Phi) is 8.97. The van der Waals surface area contributed by atoms with Crippen LogP contribution in [0, 0.1) is 11.8 Å². The van der Waals surface area contributed by atoms with Crippen LogP contribution in [0.5, 0.6) is 0 Å². The van der Waals surface area contributed by atoms with Gasteiger partial charge < -0.3 is 15.6 Å². The predicted molar refractivity (Wildman–Crippen MR) is 107 cm³/mol. The number of halogens is 2. The zero-order chi connectivity index (χ0) is 16.1. The minimum Gasteiger partial charge on any atom is -0.345 e. The predicted octanol–water partition coefficient (Wildman–Crippen LogP) is 3.88. The van der Waals surface area contributed by atoms with Gasteiger partial charge in [-0.2, -0.15) is 0 Å². The van der Waals surface area contributed by atoms with Crippen LogP contribution in [0.25, 0.3) is 11.4 Å². The number of nitrogens with zero attached hydrogens (tertiary/aromatic N) is 1. The Bertz CT molecular complexity index is 642. The fraction of sp³-hybridized carbons (Fsp3) is 0.444. The Morgan fingerprint density at radius 3 is 2.92 bits per heavy atom. The largest absolute Gasteiger partial charge is 0.345 e. The molecule has 1 aromatic carbocycles. The minimum atomic E-state index is 0. The van der Waals surface area contributed by atoms with Gasteiger partial charge in [-0.3, -0.25) is 4.79 Å². The smallest absolute Gasteiger partial charge is 0.224 e. The maximum absolute atomic E-state index is 12.3. The van der Waals surface area contributed by atoms with E-state index in [0.29, 0.717) is 18.3 Å². The van der Waals surface area contributed by atoms with E-state index in [1.807, 2.05) is 24.3 Å². The van der Waals surface area contributed by atoms with Gasteiger partial charge >= 0.3 is 0 Å². The number of hydrogen-bond acceptors (Lipinski definition) is 3. The molecule has 2 unspecified atom stereocenters. The zero-order valence-corrected chi connectivity index (χ0v) is 16.0. The van der Waals surface area contributed by atoms with Crippen LogP contribution in [0.15, 0.2) is 36.7 Å². The highest BCUT2D eigenvalue weighted by Gasteiger charge is 2.22. The standard InChI is InChI=1S/C18H24N4O.2ClH/c1-13(15-5-3-7-19-12-15)10-17(23)22-16-6-2-4-14(11-16)18-20-8-9-21-18;;/h2,4,6,8-9,11,13,15,19H,3,5,7,10,12H2,1H3,(H,20,21)(H,22,23);2*1H. The normalized spacial score (nSPS) is 17.7. The quantitative estimate of drug-likeness (QED) is 0.732. The Morgan fingerprint density at radius 2 is 2.24 bits per heavy atom. The zero-order valence-electron chi connectivity index (χ0n) is 14.3. The molecule has 0 aliphatic carbocycles. The first-order valence-corrected chi connectivity index (χ1v) is 8.33. The monoisotopic (exact) mass is 384 g/mol. The SMILES string of the molecule is CC(CC(=O)Nc1cccc(-c2ncc[nH]2)c1)C1CCCNC1.Cl.Cl. The molecule has 0 radical (unpaired) electrons. The molecule has 0 spiro atoms. The maximum Gasteiger partial charge on any atom is 0.224 e. The number of benzene rings is 1. The first-order chi connectivity index (χ1) is 11.2. The van der Waals surface area contributed by atoms with Crippen molar-refractivity contribution in [1.29, 1.82) is 0 Å². The van der Waals surface area contributed by atoms with Crippen molar-refractivity contribution in [2.45, 2.75) is 26.2 Å². The van der Waals surface area contributed by atoms with Crippen molar-refractivity contribution in [3.05, 3.63) is 36.7 Å². The molecular formula is C18H26Cl2N4O. The molecule has 1 aromatic heterocycles. The average Bonchev–Trinajstić information content (AvgIpc) is 3.10. The summed E-state index contributed by atoms with van der Waals surface area (Å²) in [6.07, 6.45) is 6.51. The molecule has 25 heavy (non-hydrogen) atoms. The Hall–Kier alpha value is -1.56. The molecule has 1 amide bonds. The maximum atomic E-state index is 12.3. The fourth-order valence-corrected chi connectivity index (χ4v) is 3.20. The number of aromatic amines is 1. The van der Waals surface area contributed by atoms with Gasteiger partial charge in [-0.25, -0.2) is 4.98 Å². The highest BCUT2D eigenvalue weighted by molar-refractivity contribution is 5.91. The van der Waals surface area contributed by atoms with Crippen LogP contribution in [0.4, 0.5) is 5.69 Å². The van der Waals surface area contributed by atoms with E-state index in [0.717, 1.165) is 30.2 Å². The van der Waals surface area contributed by atoms with Crippen LogP contribution in [0.1, 0.15) is 26.2 Å². The van der Waals surface area contributed by atoms with E-state index in [2.05, 4.69) is 27.5 Å². The van der Waals surface area contributed by atoms with Crippen LogP contribution in [-0.4, -0.2) is 29.0 Å². The van der Waals surface area contributed by atoms with Crippen LogP contribution >= 0.6 is 24.8 Å². The van der Waals surface area contributed by atoms with Crippen LogP contribution in [0.2, 0.25) is 0 Å². The van der Waals surface area contributed by atoms with Crippen molar-refractivity contribution in [2.24, 2.45) is 11.8 Å². The summed E-state index contributed by atoms with van der Waals surface area (Å²) in [7, 11) is 0. The van der Waals surface area contributed by atoms with E-state index in [9.17, 15) is 4.79 Å². The minimum absolute atomic E-state index is 0. The van der Waals surface area contributed by atoms with E-state index >= 15 is 0 Å². The lowest BCUT2D eigenvalue weighted by atomic mass is 9.85. The third-order valence-electron chi connectivity index (χ3n) is 4.57. The third kappa shape index (κ3) is 6.03. The molecule has 2 heterocycles. The molecule has 5 nitrogen and oxygen atoms in total. The molecular weight excluding hydrogens is 359 g/mol. The van der Waals surface area contributed by atoms with Gasteiger partial charge in [-0.1, -0.05) is 19.1 Å². The van der Waals surface area contributed by atoms with Crippen molar-refractivity contribution in [3.8, 4) is 11.4 Å². The Morgan fingerprint density at radius 1 is 1.40 bits per heavy atom. The molecule has 2 aromatic rings. The molecule has 0 bridgehead atoms. The molecule has 1 aliphatic rings. The van der Waals surface area contributed by atoms with Gasteiger partial charge in [0, 0.05) is 30.1 Å². The number of hydrogen-bond donors (Lipinski definition) is 3. The second-order valence-corrected chi connectivity index (χ2v) is 6.35. The van der Waals surface area contributed by atoms with E-state index < -0.39 is 0 Å². The molecule has 3 N–H and O–H groups in total. The molecule has 138 valence electrons. The van der Waals surface area contributed by atoms with Crippen molar-refractivity contribution >= 4 is 36.4 Å². The molecule has 3 rings (SSSR count). The van der Waals surface area contributed by atoms with Crippen molar-refractivity contribution in [1.82, 2.24) is 15.3 Å². The molecule has 7 heteroatoms. The van der Waals surface area contributed by atoms with Gasteiger partial charge in [0.15, 0.2) is 0 Å². The lowest BCUT2D eigenvalue weighted by Gasteiger charge is -2.28. The van der Waals surface area contributed by atoms with Gasteiger partial charge in [0.25, 0.3) is 0 Å². The number of amides is 1. The molecule has 1 aliphatic heterocycles. The number of rotatable bonds is 5. The summed E-state index contributed by atoms with van der Waals surface area (Å²) in [6.45, 7) is 4.31. The van der Waals surface area contributed by atoms with Crippen molar-refractivity contribution in [2.75, 3.05) is 18.4 Å². The first-order valence-electron chi connectivity index (χ1n) is 8.33. The van der Waals surface area contributed by atoms with E-state index in [1.165, 1.54) is 12.8 Å². The lowest BCUT2D eigenvalue weighted by molar-refractivity contribution is -0.117. The molecule has 1 saturated heterocycles. The third-order valence-corrected chi connectivity index (χ3v) is 4.57. The number of piperidine rings is 1. The second-order valence-electron chi connectivity index (χ2n) is 6.35. The van der Waals surface area contributed by atoms with E-state index in [1.54, 1.807) is 12.4 Å².